The zero-order valence-electron chi connectivity index (χ0n) is 8.92. The molecule has 0 unspecified atom stereocenters. The zero-order valence-corrected chi connectivity index (χ0v) is 8.92. The van der Waals surface area contributed by atoms with E-state index < -0.39 is 5.60 Å². The van der Waals surface area contributed by atoms with Gasteiger partial charge in [-0.05, 0) is 31.6 Å². The van der Waals surface area contributed by atoms with E-state index in [0.29, 0.717) is 13.1 Å². The second-order valence-corrected chi connectivity index (χ2v) is 4.34. The normalized spacial score (nSPS) is 32.5. The monoisotopic (exact) mass is 196 g/mol. The van der Waals surface area contributed by atoms with Crippen LogP contribution < -0.4 is 5.32 Å². The lowest BCUT2D eigenvalue weighted by atomic mass is 9.78. The highest BCUT2D eigenvalue weighted by Gasteiger charge is 2.31. The van der Waals surface area contributed by atoms with Gasteiger partial charge in [-0.1, -0.05) is 13.3 Å². The molecule has 0 bridgehead atoms. The van der Waals surface area contributed by atoms with Gasteiger partial charge >= 0.3 is 0 Å². The number of rotatable bonds is 4. The van der Waals surface area contributed by atoms with Gasteiger partial charge in [-0.2, -0.15) is 5.26 Å². The Morgan fingerprint density at radius 2 is 2.14 bits per heavy atom. The van der Waals surface area contributed by atoms with E-state index in [0.717, 1.165) is 31.6 Å². The molecule has 14 heavy (non-hydrogen) atoms. The lowest BCUT2D eigenvalue weighted by Crippen LogP contribution is -2.43. The molecule has 0 aromatic heterocycles. The van der Waals surface area contributed by atoms with Gasteiger partial charge in [0.25, 0.3) is 0 Å². The number of nitrogens with zero attached hydrogens (tertiary/aromatic N) is 1. The van der Waals surface area contributed by atoms with E-state index in [1.165, 1.54) is 6.42 Å². The van der Waals surface area contributed by atoms with Crippen molar-refractivity contribution in [2.24, 2.45) is 5.92 Å². The van der Waals surface area contributed by atoms with Gasteiger partial charge in [-0.15, -0.1) is 0 Å². The third-order valence-corrected chi connectivity index (χ3v) is 3.27. The molecule has 0 amide bonds. The van der Waals surface area contributed by atoms with Crippen molar-refractivity contribution in [3.63, 3.8) is 0 Å². The standard InChI is InChI=1S/C11H20N2O/c1-2-10-3-5-11(14,6-4-10)9-13-8-7-12/h10,13-14H,2-6,8-9H2,1H3. The fourth-order valence-electron chi connectivity index (χ4n) is 2.15. The van der Waals surface area contributed by atoms with Crippen LogP contribution in [0.2, 0.25) is 0 Å². The minimum absolute atomic E-state index is 0.333. The van der Waals surface area contributed by atoms with Crippen LogP contribution in [-0.2, 0) is 0 Å². The molecule has 3 nitrogen and oxygen atoms in total. The summed E-state index contributed by atoms with van der Waals surface area (Å²) in [5, 5.41) is 21.5. The van der Waals surface area contributed by atoms with Crippen molar-refractivity contribution in [1.82, 2.24) is 5.32 Å². The topological polar surface area (TPSA) is 56.0 Å². The maximum atomic E-state index is 10.1. The van der Waals surface area contributed by atoms with Gasteiger partial charge in [-0.3, -0.25) is 0 Å². The van der Waals surface area contributed by atoms with Gasteiger partial charge in [0.15, 0.2) is 0 Å². The molecular formula is C11H20N2O. The number of aliphatic hydroxyl groups is 1. The Balaban J connectivity index is 2.27. The Hall–Kier alpha value is -0.590. The maximum absolute atomic E-state index is 10.1. The Morgan fingerprint density at radius 1 is 1.50 bits per heavy atom. The van der Waals surface area contributed by atoms with E-state index in [4.69, 9.17) is 5.26 Å². The Labute approximate surface area is 86.1 Å². The zero-order chi connectivity index (χ0) is 10.4. The summed E-state index contributed by atoms with van der Waals surface area (Å²) in [6.07, 6.45) is 5.23. The van der Waals surface area contributed by atoms with E-state index in [9.17, 15) is 5.11 Å². The van der Waals surface area contributed by atoms with E-state index in [-0.39, 0.29) is 0 Å². The van der Waals surface area contributed by atoms with E-state index in [1.807, 2.05) is 6.07 Å². The van der Waals surface area contributed by atoms with Crippen LogP contribution in [0.1, 0.15) is 39.0 Å². The summed E-state index contributed by atoms with van der Waals surface area (Å²) < 4.78 is 0. The fourth-order valence-corrected chi connectivity index (χ4v) is 2.15. The summed E-state index contributed by atoms with van der Waals surface area (Å²) in [5.74, 6) is 0.797. The highest BCUT2D eigenvalue weighted by Crippen LogP contribution is 2.33. The molecule has 80 valence electrons. The summed E-state index contributed by atoms with van der Waals surface area (Å²) >= 11 is 0. The molecule has 0 radical (unpaired) electrons. The first kappa shape index (κ1) is 11.5. The van der Waals surface area contributed by atoms with E-state index >= 15 is 0 Å². The third kappa shape index (κ3) is 3.28. The van der Waals surface area contributed by atoms with Crippen LogP contribution in [-0.4, -0.2) is 23.8 Å². The van der Waals surface area contributed by atoms with Crippen molar-refractivity contribution >= 4 is 0 Å². The van der Waals surface area contributed by atoms with Crippen LogP contribution in [0.3, 0.4) is 0 Å². The molecule has 2 N–H and O–H groups in total. The number of hydrogen-bond acceptors (Lipinski definition) is 3. The van der Waals surface area contributed by atoms with Crippen LogP contribution in [0.5, 0.6) is 0 Å². The minimum Gasteiger partial charge on any atom is -0.389 e. The van der Waals surface area contributed by atoms with Gasteiger partial charge in [0, 0.05) is 6.54 Å². The summed E-state index contributed by atoms with van der Waals surface area (Å²) in [4.78, 5) is 0. The van der Waals surface area contributed by atoms with Crippen LogP contribution in [0, 0.1) is 17.2 Å². The first-order valence-electron chi connectivity index (χ1n) is 5.50. The van der Waals surface area contributed by atoms with Crippen LogP contribution in [0.4, 0.5) is 0 Å². The Bertz CT molecular complexity index is 202. The first-order chi connectivity index (χ1) is 6.70. The van der Waals surface area contributed by atoms with Gasteiger partial charge in [-0.25, -0.2) is 0 Å². The highest BCUT2D eigenvalue weighted by atomic mass is 16.3. The number of nitrogens with one attached hydrogen (secondary N) is 1. The molecule has 0 aromatic rings. The van der Waals surface area contributed by atoms with Gasteiger partial charge in [0.2, 0.25) is 0 Å². The molecule has 0 saturated heterocycles. The van der Waals surface area contributed by atoms with Crippen LogP contribution in [0.25, 0.3) is 0 Å². The Morgan fingerprint density at radius 3 is 2.64 bits per heavy atom. The second kappa shape index (κ2) is 5.33. The average molecular weight is 196 g/mol. The average Bonchev–Trinajstić information content (AvgIpc) is 2.19. The van der Waals surface area contributed by atoms with Crippen molar-refractivity contribution < 1.29 is 5.11 Å². The molecular weight excluding hydrogens is 176 g/mol. The molecule has 0 spiro atoms. The molecule has 0 aromatic carbocycles. The number of nitriles is 1. The van der Waals surface area contributed by atoms with Crippen molar-refractivity contribution in [2.75, 3.05) is 13.1 Å². The summed E-state index contributed by atoms with van der Waals surface area (Å²) in [5.41, 5.74) is -0.553. The van der Waals surface area contributed by atoms with Crippen LogP contribution in [0.15, 0.2) is 0 Å². The predicted octanol–water partition coefficient (Wildman–Crippen LogP) is 1.43. The molecule has 1 aliphatic carbocycles. The maximum Gasteiger partial charge on any atom is 0.0841 e. The smallest absolute Gasteiger partial charge is 0.0841 e. The minimum atomic E-state index is -0.553. The van der Waals surface area contributed by atoms with Crippen LogP contribution >= 0.6 is 0 Å². The van der Waals surface area contributed by atoms with Crippen molar-refractivity contribution in [1.29, 1.82) is 5.26 Å². The molecule has 0 aliphatic heterocycles. The van der Waals surface area contributed by atoms with E-state index in [1.54, 1.807) is 0 Å². The third-order valence-electron chi connectivity index (χ3n) is 3.27. The molecule has 0 atom stereocenters. The molecule has 3 heteroatoms. The highest BCUT2D eigenvalue weighted by molar-refractivity contribution is 4.88. The van der Waals surface area contributed by atoms with Gasteiger partial charge in [0.05, 0.1) is 18.2 Å². The SMILES string of the molecule is CCC1CCC(O)(CNCC#N)CC1. The first-order valence-corrected chi connectivity index (χ1v) is 5.50. The summed E-state index contributed by atoms with van der Waals surface area (Å²) in [7, 11) is 0. The van der Waals surface area contributed by atoms with Gasteiger partial charge < -0.3 is 10.4 Å². The van der Waals surface area contributed by atoms with E-state index in [2.05, 4.69) is 12.2 Å². The molecule has 1 aliphatic rings. The molecule has 1 fully saturated rings. The lowest BCUT2D eigenvalue weighted by molar-refractivity contribution is -0.00775. The fraction of sp³-hybridized carbons (Fsp3) is 0.909. The van der Waals surface area contributed by atoms with Crippen molar-refractivity contribution in [3.05, 3.63) is 0 Å². The quantitative estimate of drug-likeness (QED) is 0.528. The summed E-state index contributed by atoms with van der Waals surface area (Å²) in [6, 6.07) is 2.02. The van der Waals surface area contributed by atoms with Gasteiger partial charge in [0.1, 0.15) is 0 Å². The lowest BCUT2D eigenvalue weighted by Gasteiger charge is -2.35. The second-order valence-electron chi connectivity index (χ2n) is 4.34. The molecule has 1 rings (SSSR count). The Kier molecular flexibility index (Phi) is 4.37. The summed E-state index contributed by atoms with van der Waals surface area (Å²) in [6.45, 7) is 3.11. The predicted molar refractivity (Wildman–Crippen MR) is 55.7 cm³/mol. The van der Waals surface area contributed by atoms with Crippen molar-refractivity contribution in [3.8, 4) is 6.07 Å². The molecule has 0 heterocycles. The largest absolute Gasteiger partial charge is 0.389 e. The van der Waals surface area contributed by atoms with Crippen molar-refractivity contribution in [2.45, 2.75) is 44.6 Å². The molecule has 1 saturated carbocycles. The number of hydrogen-bond donors (Lipinski definition) is 2.